The van der Waals surface area contributed by atoms with Gasteiger partial charge in [-0.1, -0.05) is 103 Å². The Labute approximate surface area is 224 Å². The first-order chi connectivity index (χ1) is 16.9. The van der Waals surface area contributed by atoms with Crippen molar-refractivity contribution in [1.29, 1.82) is 0 Å². The van der Waals surface area contributed by atoms with E-state index in [0.717, 1.165) is 30.6 Å². The molecule has 9 atom stereocenters. The summed E-state index contributed by atoms with van der Waals surface area (Å²) in [7, 11) is 0. The number of rotatable bonds is 8. The molecular formula is C30H53N4O3+. The molecule has 0 aromatic rings. The maximum atomic E-state index is 11.8. The number of hydrogen-bond acceptors (Lipinski definition) is 6. The second kappa shape index (κ2) is 9.16. The van der Waals surface area contributed by atoms with Gasteiger partial charge < -0.3 is 0 Å². The van der Waals surface area contributed by atoms with E-state index in [2.05, 4.69) is 85.1 Å². The quantitative estimate of drug-likeness (QED) is 0.183. The number of hydrogen-bond donors (Lipinski definition) is 0. The Morgan fingerprint density at radius 2 is 1.05 bits per heavy atom. The van der Waals surface area contributed by atoms with Crippen molar-refractivity contribution in [1.82, 2.24) is 0 Å². The molecule has 210 valence electrons. The van der Waals surface area contributed by atoms with Crippen molar-refractivity contribution < 1.29 is 4.81 Å². The van der Waals surface area contributed by atoms with Crippen molar-refractivity contribution in [3.05, 3.63) is 14.7 Å². The lowest BCUT2D eigenvalue weighted by molar-refractivity contribution is -0.979. The highest BCUT2D eigenvalue weighted by atomic mass is 16.5. The van der Waals surface area contributed by atoms with Gasteiger partial charge in [-0.25, -0.2) is 0 Å². The summed E-state index contributed by atoms with van der Waals surface area (Å²) < 4.78 is 0. The van der Waals surface area contributed by atoms with E-state index in [1.54, 1.807) is 0 Å². The molecule has 7 heteroatoms. The van der Waals surface area contributed by atoms with E-state index in [1.165, 1.54) is 25.7 Å². The Balaban J connectivity index is 1.70. The molecule has 0 amide bonds. The summed E-state index contributed by atoms with van der Waals surface area (Å²) in [5.74, 6) is 4.18. The van der Waals surface area contributed by atoms with Crippen LogP contribution in [0.5, 0.6) is 0 Å². The molecule has 7 nitrogen and oxygen atoms in total. The SMILES string of the molecule is CC(C)(C)C1C2CCCC(C2)C1C(C)(C)CC(C)(C)C1C2CC(CC2[N+](N=O)(N=O)N=O)C1C(C)(C)C. The fourth-order valence-electron chi connectivity index (χ4n) is 11.5. The van der Waals surface area contributed by atoms with Crippen LogP contribution in [0.25, 0.3) is 0 Å². The molecule has 4 fully saturated rings. The van der Waals surface area contributed by atoms with Crippen LogP contribution < -0.4 is 0 Å². The molecule has 0 saturated heterocycles. The van der Waals surface area contributed by atoms with Crippen LogP contribution in [-0.2, 0) is 0 Å². The van der Waals surface area contributed by atoms with Crippen LogP contribution in [0.1, 0.15) is 114 Å². The summed E-state index contributed by atoms with van der Waals surface area (Å²) in [6.45, 7) is 24.2. The van der Waals surface area contributed by atoms with E-state index in [0.29, 0.717) is 29.6 Å². The summed E-state index contributed by atoms with van der Waals surface area (Å²) in [4.78, 5) is 33.9. The number of nitrogens with zero attached hydrogens (tertiary/aromatic N) is 4. The van der Waals surface area contributed by atoms with Gasteiger partial charge in [-0.05, 0) is 82.3 Å². The summed E-state index contributed by atoms with van der Waals surface area (Å²) in [6.07, 6.45) is 8.12. The Bertz CT molecular complexity index is 880. The number of fused-ring (bicyclic) bond motifs is 4. The molecule has 0 radical (unpaired) electrons. The summed E-state index contributed by atoms with van der Waals surface area (Å²) in [5.41, 5.74) is 0.496. The van der Waals surface area contributed by atoms with Gasteiger partial charge in [0.05, 0.1) is 0 Å². The Morgan fingerprint density at radius 3 is 1.54 bits per heavy atom. The smallest absolute Gasteiger partial charge is 0.0854 e. The minimum Gasteiger partial charge on any atom is -0.0854 e. The van der Waals surface area contributed by atoms with Crippen molar-refractivity contribution in [2.24, 2.45) is 84.9 Å². The summed E-state index contributed by atoms with van der Waals surface area (Å²) in [6, 6.07) is -0.545. The predicted octanol–water partition coefficient (Wildman–Crippen LogP) is 9.08. The van der Waals surface area contributed by atoms with Crippen LogP contribution in [0.15, 0.2) is 15.9 Å². The molecule has 0 N–H and O–H groups in total. The maximum Gasteiger partial charge on any atom is 0.219 e. The Hall–Kier alpha value is -1.24. The standard InChI is InChI=1S/C30H53N4O3/c1-27(2,3)23-18-12-11-13-19(14-18)25(23)29(7,8)17-30(9,10)26-21-15-20(24(26)28(4,5)6)16-22(21)34(31-35,32-36)33-37/h18-26H,11-17H2,1-10H3/q+1. The highest BCUT2D eigenvalue weighted by molar-refractivity contribution is 5.10. The second-order valence-electron chi connectivity index (χ2n) is 17.0. The van der Waals surface area contributed by atoms with Gasteiger partial charge in [-0.3, -0.25) is 0 Å². The normalized spacial score (nSPS) is 38.6. The van der Waals surface area contributed by atoms with Gasteiger partial charge in [0.1, 0.15) is 0 Å². The van der Waals surface area contributed by atoms with Crippen LogP contribution >= 0.6 is 0 Å². The minimum atomic E-state index is -1.42. The zero-order valence-corrected chi connectivity index (χ0v) is 25.2. The lowest BCUT2D eigenvalue weighted by Crippen LogP contribution is -2.54. The molecule has 4 saturated carbocycles. The first-order valence-corrected chi connectivity index (χ1v) is 14.9. The molecule has 0 spiro atoms. The maximum absolute atomic E-state index is 11.8. The van der Waals surface area contributed by atoms with Crippen LogP contribution in [0, 0.1) is 83.7 Å². The largest absolute Gasteiger partial charge is 0.219 e. The van der Waals surface area contributed by atoms with Gasteiger partial charge >= 0.3 is 0 Å². The first-order valence-electron chi connectivity index (χ1n) is 14.9. The lowest BCUT2D eigenvalue weighted by Gasteiger charge is -2.53. The van der Waals surface area contributed by atoms with Crippen molar-refractivity contribution in [2.45, 2.75) is 120 Å². The molecule has 4 aliphatic carbocycles. The van der Waals surface area contributed by atoms with Crippen LogP contribution in [0.4, 0.5) is 0 Å². The Kier molecular flexibility index (Phi) is 7.12. The molecule has 0 aromatic heterocycles. The van der Waals surface area contributed by atoms with E-state index >= 15 is 0 Å². The van der Waals surface area contributed by atoms with Gasteiger partial charge in [0.15, 0.2) is 10.9 Å². The van der Waals surface area contributed by atoms with E-state index in [4.69, 9.17) is 0 Å². The van der Waals surface area contributed by atoms with Gasteiger partial charge in [-0.2, -0.15) is 0 Å². The Morgan fingerprint density at radius 1 is 0.595 bits per heavy atom. The van der Waals surface area contributed by atoms with E-state index in [-0.39, 0.29) is 28.1 Å². The van der Waals surface area contributed by atoms with Gasteiger partial charge in [0.2, 0.25) is 15.9 Å². The van der Waals surface area contributed by atoms with Crippen molar-refractivity contribution in [2.75, 3.05) is 0 Å². The van der Waals surface area contributed by atoms with Gasteiger partial charge in [-0.15, -0.1) is 0 Å². The molecule has 0 heterocycles. The minimum absolute atomic E-state index is 0.0364. The fraction of sp³-hybridized carbons (Fsp3) is 1.00. The van der Waals surface area contributed by atoms with E-state index in [1.807, 2.05) is 0 Å². The molecule has 4 aliphatic rings. The highest BCUT2D eigenvalue weighted by Crippen LogP contribution is 2.68. The molecule has 4 bridgehead atoms. The highest BCUT2D eigenvalue weighted by Gasteiger charge is 2.68. The van der Waals surface area contributed by atoms with Crippen LogP contribution in [0.2, 0.25) is 0 Å². The molecule has 4 rings (SSSR count). The van der Waals surface area contributed by atoms with Crippen molar-refractivity contribution >= 4 is 0 Å². The number of quaternary nitrogens is 1. The summed E-state index contributed by atoms with van der Waals surface area (Å²) in [5, 5.41) is 8.70. The molecule has 37 heavy (non-hydrogen) atoms. The third-order valence-corrected chi connectivity index (χ3v) is 11.6. The molecular weight excluding hydrogens is 464 g/mol. The third-order valence-electron chi connectivity index (χ3n) is 11.6. The average molecular weight is 518 g/mol. The van der Waals surface area contributed by atoms with Crippen molar-refractivity contribution in [3.63, 3.8) is 0 Å². The molecule has 9 unspecified atom stereocenters. The fourth-order valence-corrected chi connectivity index (χ4v) is 11.5. The van der Waals surface area contributed by atoms with E-state index in [9.17, 15) is 14.7 Å². The van der Waals surface area contributed by atoms with Crippen molar-refractivity contribution in [3.8, 4) is 0 Å². The van der Waals surface area contributed by atoms with Gasteiger partial charge in [0, 0.05) is 12.3 Å². The number of nitroso groups, excluding NO2 is 3. The monoisotopic (exact) mass is 517 g/mol. The topological polar surface area (TPSA) is 88.3 Å². The van der Waals surface area contributed by atoms with E-state index < -0.39 is 10.9 Å². The lowest BCUT2D eigenvalue weighted by atomic mass is 9.52. The molecule has 0 aromatic carbocycles. The zero-order valence-electron chi connectivity index (χ0n) is 25.2. The predicted molar refractivity (Wildman–Crippen MR) is 148 cm³/mol. The van der Waals surface area contributed by atoms with Gasteiger partial charge in [0.25, 0.3) is 0 Å². The molecule has 0 aliphatic heterocycles. The first kappa shape index (κ1) is 28.8. The second-order valence-corrected chi connectivity index (χ2v) is 17.0. The van der Waals surface area contributed by atoms with Crippen LogP contribution in [-0.4, -0.2) is 10.9 Å². The van der Waals surface area contributed by atoms with Crippen LogP contribution in [0.3, 0.4) is 0 Å². The average Bonchev–Trinajstić information content (AvgIpc) is 3.44. The zero-order chi connectivity index (χ0) is 27.8. The summed E-state index contributed by atoms with van der Waals surface area (Å²) >= 11 is 0. The third kappa shape index (κ3) is 4.63.